The van der Waals surface area contributed by atoms with Crippen molar-refractivity contribution in [2.75, 3.05) is 18.5 Å². The quantitative estimate of drug-likeness (QED) is 0.845. The second kappa shape index (κ2) is 4.70. The number of hydrogen-bond donors (Lipinski definition) is 1. The first-order chi connectivity index (χ1) is 7.68. The summed E-state index contributed by atoms with van der Waals surface area (Å²) in [5.41, 5.74) is 0.719. The van der Waals surface area contributed by atoms with Gasteiger partial charge in [0.1, 0.15) is 5.69 Å². The fourth-order valence-corrected chi connectivity index (χ4v) is 1.96. The van der Waals surface area contributed by atoms with Gasteiger partial charge >= 0.3 is 0 Å². The minimum atomic E-state index is 0.0479. The summed E-state index contributed by atoms with van der Waals surface area (Å²) in [6.45, 7) is 5.44. The van der Waals surface area contributed by atoms with E-state index in [2.05, 4.69) is 5.32 Å². The average Bonchev–Trinajstić information content (AvgIpc) is 2.73. The lowest BCUT2D eigenvalue weighted by Crippen LogP contribution is -2.28. The highest BCUT2D eigenvalue weighted by atomic mass is 16.5. The molecule has 16 heavy (non-hydrogen) atoms. The summed E-state index contributed by atoms with van der Waals surface area (Å²) in [6, 6.07) is 4.20. The monoisotopic (exact) mass is 222 g/mol. The standard InChI is InChI=1S/C12H18N2O2/c1-9(2)13-11-4-3-6-14(12(11)15)10-5-7-16-8-10/h3-4,6,9-10,13H,5,7-8H2,1-2H3. The number of ether oxygens (including phenoxy) is 1. The van der Waals surface area contributed by atoms with Crippen LogP contribution in [0.25, 0.3) is 0 Å². The number of pyridine rings is 1. The van der Waals surface area contributed by atoms with Gasteiger partial charge in [-0.1, -0.05) is 0 Å². The largest absolute Gasteiger partial charge is 0.379 e. The second-order valence-electron chi connectivity index (χ2n) is 4.45. The molecule has 0 bridgehead atoms. The topological polar surface area (TPSA) is 43.3 Å². The van der Waals surface area contributed by atoms with Crippen LogP contribution in [0.2, 0.25) is 0 Å². The number of aromatic nitrogens is 1. The molecule has 1 aromatic heterocycles. The summed E-state index contributed by atoms with van der Waals surface area (Å²) in [4.78, 5) is 12.1. The van der Waals surface area contributed by atoms with Crippen LogP contribution in [-0.2, 0) is 4.74 Å². The van der Waals surface area contributed by atoms with Crippen LogP contribution in [0.3, 0.4) is 0 Å². The molecule has 1 fully saturated rings. The molecule has 1 N–H and O–H groups in total. The van der Waals surface area contributed by atoms with E-state index in [0.29, 0.717) is 12.3 Å². The zero-order valence-electron chi connectivity index (χ0n) is 9.77. The minimum Gasteiger partial charge on any atom is -0.379 e. The van der Waals surface area contributed by atoms with Crippen molar-refractivity contribution < 1.29 is 4.74 Å². The first kappa shape index (κ1) is 11.2. The molecule has 1 unspecified atom stereocenters. The maximum absolute atomic E-state index is 12.1. The summed E-state index contributed by atoms with van der Waals surface area (Å²) >= 11 is 0. The molecule has 1 aromatic rings. The fourth-order valence-electron chi connectivity index (χ4n) is 1.96. The molecule has 4 heteroatoms. The Kier molecular flexibility index (Phi) is 3.29. The van der Waals surface area contributed by atoms with Gasteiger partial charge in [-0.15, -0.1) is 0 Å². The Morgan fingerprint density at radius 1 is 1.56 bits per heavy atom. The van der Waals surface area contributed by atoms with E-state index < -0.39 is 0 Å². The minimum absolute atomic E-state index is 0.0479. The van der Waals surface area contributed by atoms with Crippen molar-refractivity contribution in [1.29, 1.82) is 0 Å². The molecule has 1 aliphatic heterocycles. The molecular weight excluding hydrogens is 204 g/mol. The zero-order chi connectivity index (χ0) is 11.5. The maximum atomic E-state index is 12.1. The number of hydrogen-bond acceptors (Lipinski definition) is 3. The van der Waals surface area contributed by atoms with Crippen molar-refractivity contribution in [1.82, 2.24) is 4.57 Å². The van der Waals surface area contributed by atoms with Crippen LogP contribution in [0.15, 0.2) is 23.1 Å². The van der Waals surface area contributed by atoms with Gasteiger partial charge in [-0.25, -0.2) is 0 Å². The van der Waals surface area contributed by atoms with Crippen LogP contribution in [-0.4, -0.2) is 23.8 Å². The van der Waals surface area contributed by atoms with Crippen LogP contribution in [0.4, 0.5) is 5.69 Å². The van der Waals surface area contributed by atoms with Crippen LogP contribution >= 0.6 is 0 Å². The molecule has 88 valence electrons. The molecule has 0 saturated carbocycles. The van der Waals surface area contributed by atoms with E-state index in [-0.39, 0.29) is 17.6 Å². The molecule has 0 aromatic carbocycles. The lowest BCUT2D eigenvalue weighted by Gasteiger charge is -2.15. The van der Waals surface area contributed by atoms with Crippen LogP contribution in [0.1, 0.15) is 26.3 Å². The predicted octanol–water partition coefficient (Wildman–Crippen LogP) is 1.63. The highest BCUT2D eigenvalue weighted by molar-refractivity contribution is 5.41. The number of nitrogens with one attached hydrogen (secondary N) is 1. The Morgan fingerprint density at radius 3 is 3.00 bits per heavy atom. The van der Waals surface area contributed by atoms with E-state index in [1.54, 1.807) is 4.57 Å². The molecule has 1 aliphatic rings. The van der Waals surface area contributed by atoms with Crippen LogP contribution < -0.4 is 10.9 Å². The maximum Gasteiger partial charge on any atom is 0.274 e. The molecule has 4 nitrogen and oxygen atoms in total. The van der Waals surface area contributed by atoms with Gasteiger partial charge in [0.05, 0.1) is 12.6 Å². The van der Waals surface area contributed by atoms with Gasteiger partial charge in [-0.05, 0) is 32.4 Å². The molecule has 1 atom stereocenters. The third kappa shape index (κ3) is 2.27. The normalized spacial score (nSPS) is 20.3. The first-order valence-corrected chi connectivity index (χ1v) is 5.74. The summed E-state index contributed by atoms with van der Waals surface area (Å²) < 4.78 is 7.08. The highest BCUT2D eigenvalue weighted by Crippen LogP contribution is 2.17. The summed E-state index contributed by atoms with van der Waals surface area (Å²) in [5, 5.41) is 3.16. The lowest BCUT2D eigenvalue weighted by atomic mass is 10.2. The van der Waals surface area contributed by atoms with Crippen molar-refractivity contribution >= 4 is 5.69 Å². The number of rotatable bonds is 3. The molecule has 0 radical (unpaired) electrons. The van der Waals surface area contributed by atoms with E-state index in [4.69, 9.17) is 4.74 Å². The van der Waals surface area contributed by atoms with E-state index >= 15 is 0 Å². The second-order valence-corrected chi connectivity index (χ2v) is 4.45. The Labute approximate surface area is 95.2 Å². The third-order valence-corrected chi connectivity index (χ3v) is 2.72. The van der Waals surface area contributed by atoms with Gasteiger partial charge in [0, 0.05) is 18.8 Å². The van der Waals surface area contributed by atoms with Crippen molar-refractivity contribution in [3.05, 3.63) is 28.7 Å². The molecule has 2 heterocycles. The smallest absolute Gasteiger partial charge is 0.274 e. The van der Waals surface area contributed by atoms with Crippen molar-refractivity contribution in [3.63, 3.8) is 0 Å². The van der Waals surface area contributed by atoms with E-state index in [1.807, 2.05) is 32.2 Å². The fraction of sp³-hybridized carbons (Fsp3) is 0.583. The molecular formula is C12H18N2O2. The van der Waals surface area contributed by atoms with Gasteiger partial charge in [0.25, 0.3) is 5.56 Å². The van der Waals surface area contributed by atoms with Gasteiger partial charge in [-0.2, -0.15) is 0 Å². The van der Waals surface area contributed by atoms with E-state index in [9.17, 15) is 4.79 Å². The SMILES string of the molecule is CC(C)Nc1cccn(C2CCOC2)c1=O. The zero-order valence-corrected chi connectivity index (χ0v) is 9.77. The third-order valence-electron chi connectivity index (χ3n) is 2.72. The van der Waals surface area contributed by atoms with Crippen molar-refractivity contribution in [2.24, 2.45) is 0 Å². The predicted molar refractivity (Wildman–Crippen MR) is 63.9 cm³/mol. The summed E-state index contributed by atoms with van der Waals surface area (Å²) in [7, 11) is 0. The van der Waals surface area contributed by atoms with E-state index in [0.717, 1.165) is 13.0 Å². The van der Waals surface area contributed by atoms with Gasteiger partial charge in [-0.3, -0.25) is 4.79 Å². The van der Waals surface area contributed by atoms with Gasteiger partial charge in [0.15, 0.2) is 0 Å². The first-order valence-electron chi connectivity index (χ1n) is 5.74. The Balaban J connectivity index is 2.28. The van der Waals surface area contributed by atoms with Crippen molar-refractivity contribution in [2.45, 2.75) is 32.4 Å². The van der Waals surface area contributed by atoms with Crippen LogP contribution in [0, 0.1) is 0 Å². The summed E-state index contributed by atoms with van der Waals surface area (Å²) in [5.74, 6) is 0. The Hall–Kier alpha value is -1.29. The molecule has 2 rings (SSSR count). The number of anilines is 1. The molecule has 0 amide bonds. The van der Waals surface area contributed by atoms with Gasteiger partial charge in [0.2, 0.25) is 0 Å². The highest BCUT2D eigenvalue weighted by Gasteiger charge is 2.19. The lowest BCUT2D eigenvalue weighted by molar-refractivity contribution is 0.186. The molecule has 1 saturated heterocycles. The van der Waals surface area contributed by atoms with Gasteiger partial charge < -0.3 is 14.6 Å². The Morgan fingerprint density at radius 2 is 2.38 bits per heavy atom. The summed E-state index contributed by atoms with van der Waals surface area (Å²) in [6.07, 6.45) is 2.76. The van der Waals surface area contributed by atoms with E-state index in [1.165, 1.54) is 0 Å². The molecule has 0 spiro atoms. The Bertz CT molecular complexity index is 406. The number of nitrogens with zero attached hydrogens (tertiary/aromatic N) is 1. The average molecular weight is 222 g/mol. The van der Waals surface area contributed by atoms with Crippen molar-refractivity contribution in [3.8, 4) is 0 Å². The molecule has 0 aliphatic carbocycles. The van der Waals surface area contributed by atoms with Crippen LogP contribution in [0.5, 0.6) is 0 Å².